The van der Waals surface area contributed by atoms with E-state index in [1.165, 1.54) is 11.3 Å². The van der Waals surface area contributed by atoms with E-state index < -0.39 is 0 Å². The zero-order valence-corrected chi connectivity index (χ0v) is 19.3. The van der Waals surface area contributed by atoms with E-state index in [1.54, 1.807) is 0 Å². The first-order valence-electron chi connectivity index (χ1n) is 12.0. The molecule has 1 aliphatic carbocycles. The third-order valence-corrected chi connectivity index (χ3v) is 6.93. The highest BCUT2D eigenvalue weighted by Gasteiger charge is 2.35. The first-order chi connectivity index (χ1) is 16.2. The third kappa shape index (κ3) is 4.13. The van der Waals surface area contributed by atoms with Gasteiger partial charge in [0.15, 0.2) is 5.78 Å². The molecule has 2 atom stereocenters. The number of hydrogen-bond donors (Lipinski definition) is 2. The Kier molecular flexibility index (Phi) is 5.91. The third-order valence-electron chi connectivity index (χ3n) is 6.93. The van der Waals surface area contributed by atoms with Gasteiger partial charge in [-0.25, -0.2) is 0 Å². The van der Waals surface area contributed by atoms with Crippen LogP contribution in [0.3, 0.4) is 0 Å². The predicted octanol–water partition coefficient (Wildman–Crippen LogP) is 6.51. The van der Waals surface area contributed by atoms with Crippen LogP contribution in [0.2, 0.25) is 0 Å². The number of nitrogens with one attached hydrogen (secondary N) is 2. The largest absolute Gasteiger partial charge is 0.372 e. The van der Waals surface area contributed by atoms with Crippen LogP contribution in [-0.4, -0.2) is 18.9 Å². The Hall–Kier alpha value is -3.53. The zero-order chi connectivity index (χ0) is 22.8. The van der Waals surface area contributed by atoms with Crippen molar-refractivity contribution in [2.24, 2.45) is 0 Å². The van der Waals surface area contributed by atoms with Crippen LogP contribution in [0.5, 0.6) is 0 Å². The minimum atomic E-state index is -0.157. The number of Topliss-reactive ketones (excluding diaryl/α,β-unsaturated/α-hetero) is 1. The van der Waals surface area contributed by atoms with Crippen molar-refractivity contribution in [2.75, 3.05) is 28.6 Å². The highest BCUT2D eigenvalue weighted by Crippen LogP contribution is 2.44. The van der Waals surface area contributed by atoms with E-state index in [9.17, 15) is 4.79 Å². The van der Waals surface area contributed by atoms with Gasteiger partial charge in [0.1, 0.15) is 0 Å². The van der Waals surface area contributed by atoms with Gasteiger partial charge in [0.25, 0.3) is 0 Å². The average Bonchev–Trinajstić information content (AvgIpc) is 3.03. The molecule has 168 valence electrons. The molecule has 0 amide bonds. The summed E-state index contributed by atoms with van der Waals surface area (Å²) in [6.45, 7) is 6.34. The summed E-state index contributed by atoms with van der Waals surface area (Å²) in [5.74, 6) is 0.395. The quantitative estimate of drug-likeness (QED) is 0.477. The Morgan fingerprint density at radius 1 is 0.788 bits per heavy atom. The van der Waals surface area contributed by atoms with Crippen LogP contribution in [0.15, 0.2) is 90.1 Å². The van der Waals surface area contributed by atoms with Crippen LogP contribution in [0.1, 0.15) is 49.8 Å². The number of anilines is 3. The smallest absolute Gasteiger partial charge is 0.163 e. The molecule has 1 aliphatic heterocycles. The number of fused-ring (bicyclic) bond motifs is 1. The number of carbonyl (C=O) groups excluding carboxylic acids is 1. The fourth-order valence-corrected chi connectivity index (χ4v) is 5.17. The van der Waals surface area contributed by atoms with Crippen LogP contribution in [0, 0.1) is 0 Å². The highest BCUT2D eigenvalue weighted by molar-refractivity contribution is 6.01. The monoisotopic (exact) mass is 437 g/mol. The molecule has 2 unspecified atom stereocenters. The first-order valence-corrected chi connectivity index (χ1v) is 12.0. The summed E-state index contributed by atoms with van der Waals surface area (Å²) in [4.78, 5) is 16.0. The van der Waals surface area contributed by atoms with Gasteiger partial charge in [-0.3, -0.25) is 4.79 Å². The van der Waals surface area contributed by atoms with E-state index in [0.29, 0.717) is 6.42 Å². The van der Waals surface area contributed by atoms with Crippen molar-refractivity contribution in [1.82, 2.24) is 0 Å². The summed E-state index contributed by atoms with van der Waals surface area (Å²) in [7, 11) is 0. The van der Waals surface area contributed by atoms with Gasteiger partial charge in [0.05, 0.1) is 17.4 Å². The van der Waals surface area contributed by atoms with Gasteiger partial charge in [-0.15, -0.1) is 0 Å². The lowest BCUT2D eigenvalue weighted by Crippen LogP contribution is -2.27. The Labute approximate surface area is 196 Å². The van der Waals surface area contributed by atoms with E-state index in [4.69, 9.17) is 0 Å². The lowest BCUT2D eigenvalue weighted by atomic mass is 9.78. The lowest BCUT2D eigenvalue weighted by Gasteiger charge is -2.30. The molecule has 0 saturated carbocycles. The Bertz CT molecular complexity index is 1160. The van der Waals surface area contributed by atoms with Gasteiger partial charge in [-0.2, -0.15) is 0 Å². The summed E-state index contributed by atoms with van der Waals surface area (Å²) >= 11 is 0. The molecule has 2 N–H and O–H groups in total. The van der Waals surface area contributed by atoms with E-state index in [0.717, 1.165) is 47.7 Å². The molecule has 2 aliphatic rings. The number of benzene rings is 3. The Balaban J connectivity index is 1.51. The summed E-state index contributed by atoms with van der Waals surface area (Å²) < 4.78 is 0. The second kappa shape index (κ2) is 9.14. The molecule has 3 aromatic carbocycles. The fraction of sp³-hybridized carbons (Fsp3) is 0.276. The highest BCUT2D eigenvalue weighted by atomic mass is 16.1. The van der Waals surface area contributed by atoms with Crippen LogP contribution >= 0.6 is 0 Å². The van der Waals surface area contributed by atoms with Crippen LogP contribution < -0.4 is 15.5 Å². The Morgan fingerprint density at radius 3 is 2.15 bits per heavy atom. The van der Waals surface area contributed by atoms with Crippen LogP contribution in [-0.2, 0) is 4.79 Å². The van der Waals surface area contributed by atoms with Gasteiger partial charge < -0.3 is 15.5 Å². The van der Waals surface area contributed by atoms with Crippen molar-refractivity contribution in [1.29, 1.82) is 0 Å². The summed E-state index contributed by atoms with van der Waals surface area (Å²) in [5, 5.41) is 7.27. The van der Waals surface area contributed by atoms with E-state index in [2.05, 4.69) is 77.9 Å². The minimum absolute atomic E-state index is 0.157. The molecule has 4 heteroatoms. The maximum atomic E-state index is 13.6. The van der Waals surface area contributed by atoms with Crippen molar-refractivity contribution in [2.45, 2.75) is 38.6 Å². The van der Waals surface area contributed by atoms with Crippen LogP contribution in [0.25, 0.3) is 0 Å². The number of para-hydroxylation sites is 2. The summed E-state index contributed by atoms with van der Waals surface area (Å²) in [6, 6.07) is 27.1. The second-order valence-corrected chi connectivity index (χ2v) is 8.84. The van der Waals surface area contributed by atoms with Crippen molar-refractivity contribution < 1.29 is 4.79 Å². The standard InChI is InChI=1S/C29H31N3O/c1-3-32(4-2)23-16-14-20(15-17-23)22-18-26-28(27(33)19-22)29(21-10-6-5-7-11-21)31-25-13-9-8-12-24(25)30-26/h5-17,22,29-31H,3-4,18-19H2,1-2H3. The van der Waals surface area contributed by atoms with Crippen LogP contribution in [0.4, 0.5) is 17.1 Å². The number of nitrogens with zero attached hydrogens (tertiary/aromatic N) is 1. The second-order valence-electron chi connectivity index (χ2n) is 8.84. The lowest BCUT2D eigenvalue weighted by molar-refractivity contribution is -0.116. The number of allylic oxidation sites excluding steroid dienone is 1. The van der Waals surface area contributed by atoms with Crippen molar-refractivity contribution in [3.8, 4) is 0 Å². The molecular formula is C29H31N3O. The molecule has 0 saturated heterocycles. The first kappa shape index (κ1) is 21.3. The number of rotatable bonds is 5. The molecule has 0 bridgehead atoms. The fourth-order valence-electron chi connectivity index (χ4n) is 5.17. The Morgan fingerprint density at radius 2 is 1.45 bits per heavy atom. The molecule has 33 heavy (non-hydrogen) atoms. The van der Waals surface area contributed by atoms with E-state index >= 15 is 0 Å². The maximum Gasteiger partial charge on any atom is 0.163 e. The summed E-state index contributed by atoms with van der Waals surface area (Å²) in [6.07, 6.45) is 1.36. The summed E-state index contributed by atoms with van der Waals surface area (Å²) in [5.41, 5.74) is 7.53. The van der Waals surface area contributed by atoms with Crippen molar-refractivity contribution in [3.05, 3.63) is 101 Å². The van der Waals surface area contributed by atoms with Crippen molar-refractivity contribution >= 4 is 22.8 Å². The normalized spacial score (nSPS) is 19.6. The molecular weight excluding hydrogens is 406 g/mol. The molecule has 4 nitrogen and oxygen atoms in total. The molecule has 1 heterocycles. The van der Waals surface area contributed by atoms with Gasteiger partial charge in [-0.1, -0.05) is 54.6 Å². The molecule has 0 radical (unpaired) electrons. The molecule has 3 aromatic rings. The van der Waals surface area contributed by atoms with E-state index in [1.807, 2.05) is 30.3 Å². The van der Waals surface area contributed by atoms with Gasteiger partial charge >= 0.3 is 0 Å². The zero-order valence-electron chi connectivity index (χ0n) is 19.3. The average molecular weight is 438 g/mol. The van der Waals surface area contributed by atoms with Gasteiger partial charge in [0.2, 0.25) is 0 Å². The SMILES string of the molecule is CCN(CC)c1ccc(C2CC(=O)C3=C(C2)Nc2ccccc2NC3c2ccccc2)cc1. The topological polar surface area (TPSA) is 44.4 Å². The van der Waals surface area contributed by atoms with Gasteiger partial charge in [0, 0.05) is 36.5 Å². The predicted molar refractivity (Wildman–Crippen MR) is 137 cm³/mol. The maximum absolute atomic E-state index is 13.6. The van der Waals surface area contributed by atoms with Crippen molar-refractivity contribution in [3.63, 3.8) is 0 Å². The number of carbonyl (C=O) groups is 1. The molecule has 0 fully saturated rings. The van der Waals surface area contributed by atoms with E-state index in [-0.39, 0.29) is 17.7 Å². The minimum Gasteiger partial charge on any atom is -0.372 e. The van der Waals surface area contributed by atoms with Gasteiger partial charge in [-0.05, 0) is 61.6 Å². The molecule has 0 aromatic heterocycles. The molecule has 5 rings (SSSR count). The number of hydrogen-bond acceptors (Lipinski definition) is 4. The molecule has 0 spiro atoms. The number of ketones is 1.